The zero-order valence-electron chi connectivity index (χ0n) is 19.5. The van der Waals surface area contributed by atoms with Crippen molar-refractivity contribution in [2.45, 2.75) is 50.8 Å². The molecular weight excluding hydrogens is 454 g/mol. The number of nitrogens with zero attached hydrogens (tertiary/aromatic N) is 1. The lowest BCUT2D eigenvalue weighted by Gasteiger charge is -2.40. The molecule has 1 amide bonds. The van der Waals surface area contributed by atoms with E-state index in [1.54, 1.807) is 17.0 Å². The fraction of sp³-hybridized carbons (Fsp3) is 0.407. The van der Waals surface area contributed by atoms with Gasteiger partial charge in [-0.15, -0.1) is 11.6 Å². The quantitative estimate of drug-likeness (QED) is 0.642. The Balaban J connectivity index is 1.59. The van der Waals surface area contributed by atoms with Gasteiger partial charge in [-0.2, -0.15) is 0 Å². The minimum atomic E-state index is -0.639. The molecular formula is C27H28ClNO5. The number of hydrogen-bond acceptors (Lipinski definition) is 5. The number of rotatable bonds is 4. The maximum atomic E-state index is 13.8. The first-order chi connectivity index (χ1) is 16.3. The van der Waals surface area contributed by atoms with Crippen molar-refractivity contribution >= 4 is 23.3 Å². The number of ketones is 1. The monoisotopic (exact) mass is 481 g/mol. The normalized spacial score (nSPS) is 28.5. The Kier molecular flexibility index (Phi) is 5.80. The first-order valence-electron chi connectivity index (χ1n) is 11.6. The molecule has 5 atom stereocenters. The van der Waals surface area contributed by atoms with Crippen LogP contribution in [0.3, 0.4) is 0 Å². The van der Waals surface area contributed by atoms with Crippen molar-refractivity contribution in [3.8, 4) is 11.5 Å². The summed E-state index contributed by atoms with van der Waals surface area (Å²) in [7, 11) is 1.47. The molecule has 1 saturated carbocycles. The van der Waals surface area contributed by atoms with Gasteiger partial charge >= 0.3 is 0 Å². The van der Waals surface area contributed by atoms with Gasteiger partial charge in [-0.05, 0) is 48.9 Å². The van der Waals surface area contributed by atoms with Gasteiger partial charge in [-0.25, -0.2) is 0 Å². The van der Waals surface area contributed by atoms with Crippen LogP contribution in [0, 0.1) is 18.8 Å². The van der Waals surface area contributed by atoms with Gasteiger partial charge in [0.05, 0.1) is 24.6 Å². The van der Waals surface area contributed by atoms with E-state index < -0.39 is 6.04 Å². The number of halogens is 1. The van der Waals surface area contributed by atoms with Gasteiger partial charge in [0.25, 0.3) is 5.91 Å². The number of methoxy groups -OCH3 is 1. The van der Waals surface area contributed by atoms with Crippen LogP contribution in [0.25, 0.3) is 0 Å². The highest BCUT2D eigenvalue weighted by atomic mass is 35.5. The zero-order chi connectivity index (χ0) is 24.1. The van der Waals surface area contributed by atoms with Gasteiger partial charge in [0.2, 0.25) is 0 Å². The summed E-state index contributed by atoms with van der Waals surface area (Å²) >= 11 is 6.54. The Morgan fingerprint density at radius 1 is 1.15 bits per heavy atom. The highest BCUT2D eigenvalue weighted by Gasteiger charge is 2.53. The molecule has 5 rings (SSSR count). The molecule has 2 aromatic rings. The van der Waals surface area contributed by atoms with Crippen molar-refractivity contribution in [3.05, 3.63) is 70.5 Å². The van der Waals surface area contributed by atoms with Crippen LogP contribution in [0.5, 0.6) is 11.5 Å². The van der Waals surface area contributed by atoms with E-state index in [0.29, 0.717) is 30.5 Å². The lowest BCUT2D eigenvalue weighted by molar-refractivity contribution is -0.136. The predicted molar refractivity (Wildman–Crippen MR) is 128 cm³/mol. The topological polar surface area (TPSA) is 76.1 Å². The third kappa shape index (κ3) is 3.74. The minimum Gasteiger partial charge on any atom is -0.504 e. The Morgan fingerprint density at radius 3 is 2.59 bits per heavy atom. The smallest absolute Gasteiger partial charge is 0.290 e. The van der Waals surface area contributed by atoms with Gasteiger partial charge in [0.1, 0.15) is 6.10 Å². The third-order valence-electron chi connectivity index (χ3n) is 7.30. The molecule has 2 aliphatic heterocycles. The largest absolute Gasteiger partial charge is 0.504 e. The van der Waals surface area contributed by atoms with Gasteiger partial charge < -0.3 is 19.5 Å². The molecule has 34 heavy (non-hydrogen) atoms. The maximum Gasteiger partial charge on any atom is 0.290 e. The number of alkyl halides is 1. The van der Waals surface area contributed by atoms with E-state index in [2.05, 4.69) is 6.92 Å². The van der Waals surface area contributed by atoms with Gasteiger partial charge in [0, 0.05) is 11.9 Å². The molecule has 1 N–H and O–H groups in total. The number of aromatic hydroxyl groups is 1. The molecule has 0 bridgehead atoms. The number of amides is 1. The van der Waals surface area contributed by atoms with Gasteiger partial charge in [0.15, 0.2) is 23.0 Å². The fourth-order valence-electron chi connectivity index (χ4n) is 5.33. The second-order valence-corrected chi connectivity index (χ2v) is 10.1. The first-order valence-corrected chi connectivity index (χ1v) is 12.0. The number of carbonyl (C=O) groups is 2. The van der Waals surface area contributed by atoms with Crippen LogP contribution in [0.15, 0.2) is 53.8 Å². The number of ether oxygens (including phenoxy) is 2. The van der Waals surface area contributed by atoms with Crippen molar-refractivity contribution in [1.82, 2.24) is 4.90 Å². The highest BCUT2D eigenvalue weighted by molar-refractivity contribution is 6.21. The summed E-state index contributed by atoms with van der Waals surface area (Å²) in [6.07, 6.45) is 0.833. The van der Waals surface area contributed by atoms with Crippen LogP contribution < -0.4 is 4.74 Å². The second-order valence-electron chi connectivity index (χ2n) is 9.59. The lowest BCUT2D eigenvalue weighted by Crippen LogP contribution is -2.44. The first kappa shape index (κ1) is 22.8. The molecule has 6 nitrogen and oxygen atoms in total. The molecule has 1 aliphatic carbocycles. The third-order valence-corrected chi connectivity index (χ3v) is 7.91. The van der Waals surface area contributed by atoms with Crippen molar-refractivity contribution in [2.75, 3.05) is 7.11 Å². The number of hydrogen-bond donors (Lipinski definition) is 1. The molecule has 5 unspecified atom stereocenters. The Hall–Kier alpha value is -2.99. The highest BCUT2D eigenvalue weighted by Crippen LogP contribution is 2.49. The zero-order valence-corrected chi connectivity index (χ0v) is 20.2. The van der Waals surface area contributed by atoms with Crippen molar-refractivity contribution in [3.63, 3.8) is 0 Å². The van der Waals surface area contributed by atoms with Crippen LogP contribution in [-0.2, 0) is 20.9 Å². The SMILES string of the molecule is COc1cc(C2C3=C(OC4CC(C)C(Cl)CC4C3=O)C(=O)N2Cc2ccc(C)cc2)ccc1O. The lowest BCUT2D eigenvalue weighted by atomic mass is 9.74. The number of carbonyl (C=O) groups excluding carboxylic acids is 2. The molecule has 0 spiro atoms. The molecule has 0 radical (unpaired) electrons. The molecule has 1 fully saturated rings. The summed E-state index contributed by atoms with van der Waals surface area (Å²) in [5.74, 6) is -0.103. The number of aryl methyl sites for hydroxylation is 1. The van der Waals surface area contributed by atoms with Gasteiger partial charge in [-0.1, -0.05) is 42.8 Å². The molecule has 0 saturated heterocycles. The van der Waals surface area contributed by atoms with Crippen molar-refractivity contribution in [2.24, 2.45) is 11.8 Å². The van der Waals surface area contributed by atoms with Gasteiger partial charge in [-0.3, -0.25) is 9.59 Å². The number of phenolic OH excluding ortho intramolecular Hbond substituents is 1. The van der Waals surface area contributed by atoms with Crippen LogP contribution in [-0.4, -0.2) is 40.3 Å². The predicted octanol–water partition coefficient (Wildman–Crippen LogP) is 4.67. The number of Topliss-reactive ketones (excluding diaryl/α,β-unsaturated/α-hetero) is 1. The van der Waals surface area contributed by atoms with E-state index >= 15 is 0 Å². The summed E-state index contributed by atoms with van der Waals surface area (Å²) < 4.78 is 11.6. The molecule has 7 heteroatoms. The summed E-state index contributed by atoms with van der Waals surface area (Å²) in [6.45, 7) is 4.38. The summed E-state index contributed by atoms with van der Waals surface area (Å²) in [5.41, 5.74) is 3.14. The van der Waals surface area contributed by atoms with E-state index in [-0.39, 0.29) is 52.3 Å². The molecule has 3 aliphatic rings. The van der Waals surface area contributed by atoms with E-state index in [0.717, 1.165) is 11.1 Å². The average Bonchev–Trinajstić information content (AvgIpc) is 3.09. The Bertz CT molecular complexity index is 1170. The Labute approximate surface area is 204 Å². The standard InChI is InChI=1S/C27H28ClNO5/c1-14-4-6-16(7-5-14)13-29-24(17-8-9-20(30)22(11-17)33-3)23-25(31)18-12-19(28)15(2)10-21(18)34-26(23)27(29)32/h4-9,11,15,18-19,21,24,30H,10,12-13H2,1-3H3. The molecule has 0 aromatic heterocycles. The van der Waals surface area contributed by atoms with E-state index in [1.165, 1.54) is 13.2 Å². The summed E-state index contributed by atoms with van der Waals surface area (Å²) in [5, 5.41) is 10.0. The molecule has 2 heterocycles. The summed E-state index contributed by atoms with van der Waals surface area (Å²) in [4.78, 5) is 29.2. The average molecular weight is 482 g/mol. The van der Waals surface area contributed by atoms with Crippen LogP contribution >= 0.6 is 11.6 Å². The number of phenols is 1. The van der Waals surface area contributed by atoms with Crippen LogP contribution in [0.2, 0.25) is 0 Å². The maximum absolute atomic E-state index is 13.8. The fourth-order valence-corrected chi connectivity index (χ4v) is 5.62. The van der Waals surface area contributed by atoms with Crippen LogP contribution in [0.1, 0.15) is 42.5 Å². The molecule has 178 valence electrons. The number of benzene rings is 2. The minimum absolute atomic E-state index is 0.00704. The Morgan fingerprint density at radius 2 is 1.88 bits per heavy atom. The molecule has 2 aromatic carbocycles. The van der Waals surface area contributed by atoms with Crippen molar-refractivity contribution in [1.29, 1.82) is 0 Å². The second kappa shape index (κ2) is 8.66. The van der Waals surface area contributed by atoms with E-state index in [1.807, 2.05) is 31.2 Å². The van der Waals surface area contributed by atoms with Crippen LogP contribution in [0.4, 0.5) is 0 Å². The van der Waals surface area contributed by atoms with E-state index in [9.17, 15) is 14.7 Å². The number of fused-ring (bicyclic) bond motifs is 1. The van der Waals surface area contributed by atoms with E-state index in [4.69, 9.17) is 21.1 Å². The van der Waals surface area contributed by atoms with Crippen molar-refractivity contribution < 1.29 is 24.2 Å². The summed E-state index contributed by atoms with van der Waals surface area (Å²) in [6, 6.07) is 12.3.